The molecule has 0 aliphatic heterocycles. The molecule has 0 unspecified atom stereocenters. The van der Waals surface area contributed by atoms with Gasteiger partial charge in [-0.25, -0.2) is 0 Å². The van der Waals surface area contributed by atoms with Gasteiger partial charge >= 0.3 is 0 Å². The minimum atomic E-state index is 0.427. The molecule has 0 fully saturated rings. The molecular formula is C80H40N6S4. The van der Waals surface area contributed by atoms with E-state index >= 15 is 0 Å². The van der Waals surface area contributed by atoms with Crippen molar-refractivity contribution >= 4 is 213 Å². The van der Waals surface area contributed by atoms with Gasteiger partial charge in [0.1, 0.15) is 23.3 Å². The van der Waals surface area contributed by atoms with Crippen LogP contribution >= 0.6 is 45.3 Å². The molecule has 0 atom stereocenters. The molecule has 0 spiro atoms. The first kappa shape index (κ1) is 49.0. The Labute approximate surface area is 526 Å². The predicted molar refractivity (Wildman–Crippen MR) is 385 cm³/mol. The molecule has 8 aromatic heterocycles. The standard InChI is InChI=1S/C80H40N6S4/c81-41-51-77(83-53-25-9-1-17-43(53)69-57(83)33-37-65-73(69)47-21-5-13-29-61(47)87-65)78(84-54-26-10-2-18-44(54)70-58(84)34-38-66-74(70)48-22-6-14-30-62(48)88-66)52(42-82)80(86-56-28-12-4-20-46(56)72-60(86)36-40-68-76(72)50-24-8-16-32-64(50)90-68)79(51)85-55-27-11-3-19-45(55)71-59(85)35-39-67-75(71)49-23-7-15-31-63(49)89-67/h1-40H. The normalized spacial score (nSPS) is 12.4. The number of rotatable bonds is 4. The van der Waals surface area contributed by atoms with Crippen molar-refractivity contribution in [1.29, 1.82) is 10.5 Å². The zero-order valence-corrected chi connectivity index (χ0v) is 50.7. The third-order valence-electron chi connectivity index (χ3n) is 19.2. The first-order valence-electron chi connectivity index (χ1n) is 30.0. The SMILES string of the molecule is N#Cc1c(-n2c3ccccc3c3c4c(ccc32)sc2ccccc24)c(-n2c3ccccc3c3c4c(ccc32)sc2ccccc24)c(C#N)c(-n2c3ccccc3c3c4c(ccc32)sc2ccccc24)c1-n1c2ccccc2c2c3c(ccc21)sc1ccccc13. The van der Waals surface area contributed by atoms with Crippen molar-refractivity contribution < 1.29 is 0 Å². The Morgan fingerprint density at radius 3 is 0.644 bits per heavy atom. The van der Waals surface area contributed by atoms with Gasteiger partial charge in [0.15, 0.2) is 0 Å². The minimum absolute atomic E-state index is 0.427. The fourth-order valence-electron chi connectivity index (χ4n) is 15.8. The maximum absolute atomic E-state index is 13.3. The van der Waals surface area contributed by atoms with E-state index in [4.69, 9.17) is 0 Å². The molecule has 6 nitrogen and oxygen atoms in total. The van der Waals surface area contributed by atoms with Crippen LogP contribution in [-0.4, -0.2) is 18.3 Å². The number of thiophene rings is 4. The number of hydrogen-bond donors (Lipinski definition) is 0. The second-order valence-corrected chi connectivity index (χ2v) is 27.8. The number of nitrogens with zero attached hydrogens (tertiary/aromatic N) is 6. The smallest absolute Gasteiger partial charge is 0.104 e. The summed E-state index contributed by atoms with van der Waals surface area (Å²) in [4.78, 5) is 0. The van der Waals surface area contributed by atoms with E-state index in [0.29, 0.717) is 33.9 Å². The third-order valence-corrected chi connectivity index (χ3v) is 23.8. The summed E-state index contributed by atoms with van der Waals surface area (Å²) in [5, 5.41) is 44.7. The molecule has 0 saturated heterocycles. The van der Waals surface area contributed by atoms with Gasteiger partial charge in [-0.2, -0.15) is 10.5 Å². The van der Waals surface area contributed by atoms with Gasteiger partial charge in [-0.05, 0) is 97.1 Å². The Kier molecular flexibility index (Phi) is 9.69. The monoisotopic (exact) mass is 1210 g/mol. The van der Waals surface area contributed by atoms with E-state index in [1.165, 1.54) is 80.7 Å². The number of aromatic nitrogens is 4. The van der Waals surface area contributed by atoms with Crippen LogP contribution in [0.15, 0.2) is 243 Å². The number of fused-ring (bicyclic) bond motifs is 28. The average Bonchev–Trinajstić information content (AvgIpc) is 1.56. The zero-order valence-electron chi connectivity index (χ0n) is 47.4. The number of hydrogen-bond acceptors (Lipinski definition) is 6. The quantitative estimate of drug-likeness (QED) is 0.176. The highest BCUT2D eigenvalue weighted by molar-refractivity contribution is 7.27. The topological polar surface area (TPSA) is 67.3 Å². The van der Waals surface area contributed by atoms with Crippen LogP contribution in [0.5, 0.6) is 0 Å². The lowest BCUT2D eigenvalue weighted by atomic mass is 9.98. The van der Waals surface area contributed by atoms with Crippen LogP contribution in [0.2, 0.25) is 0 Å². The molecule has 0 aliphatic carbocycles. The Morgan fingerprint density at radius 2 is 0.411 bits per heavy atom. The van der Waals surface area contributed by atoms with Crippen molar-refractivity contribution in [2.45, 2.75) is 0 Å². The van der Waals surface area contributed by atoms with Gasteiger partial charge < -0.3 is 18.3 Å². The molecule has 414 valence electrons. The molecule has 0 bridgehead atoms. The van der Waals surface area contributed by atoms with Crippen LogP contribution < -0.4 is 0 Å². The van der Waals surface area contributed by atoms with E-state index in [9.17, 15) is 10.5 Å². The summed E-state index contributed by atoms with van der Waals surface area (Å²) in [7, 11) is 0. The predicted octanol–water partition coefficient (Wildman–Crippen LogP) is 23.3. The highest BCUT2D eigenvalue weighted by Crippen LogP contribution is 2.54. The Hall–Kier alpha value is -11.1. The van der Waals surface area contributed by atoms with Gasteiger partial charge in [0.25, 0.3) is 0 Å². The van der Waals surface area contributed by atoms with Crippen LogP contribution in [-0.2, 0) is 0 Å². The van der Waals surface area contributed by atoms with E-state index < -0.39 is 0 Å². The summed E-state index contributed by atoms with van der Waals surface area (Å²) in [6.07, 6.45) is 0. The van der Waals surface area contributed by atoms with Crippen LogP contribution in [0.25, 0.3) is 191 Å². The zero-order chi connectivity index (χ0) is 58.8. The molecule has 0 saturated carbocycles. The van der Waals surface area contributed by atoms with E-state index in [1.807, 2.05) is 0 Å². The van der Waals surface area contributed by atoms with E-state index in [0.717, 1.165) is 87.2 Å². The molecule has 90 heavy (non-hydrogen) atoms. The second-order valence-electron chi connectivity index (χ2n) is 23.5. The van der Waals surface area contributed by atoms with Crippen LogP contribution in [0.1, 0.15) is 11.1 Å². The minimum Gasteiger partial charge on any atom is -0.306 e. The van der Waals surface area contributed by atoms with E-state index in [2.05, 4.69) is 273 Å². The maximum Gasteiger partial charge on any atom is 0.104 e. The van der Waals surface area contributed by atoms with Gasteiger partial charge in [0.2, 0.25) is 0 Å². The van der Waals surface area contributed by atoms with Crippen molar-refractivity contribution in [2.24, 2.45) is 0 Å². The first-order chi connectivity index (χ1) is 44.6. The Bertz CT molecular complexity index is 6130. The van der Waals surface area contributed by atoms with E-state index in [1.54, 1.807) is 45.3 Å². The highest BCUT2D eigenvalue weighted by Gasteiger charge is 2.36. The summed E-state index contributed by atoms with van der Waals surface area (Å²) >= 11 is 7.22. The maximum atomic E-state index is 13.3. The summed E-state index contributed by atoms with van der Waals surface area (Å²) in [5.41, 5.74) is 10.8. The van der Waals surface area contributed by atoms with Crippen molar-refractivity contribution in [2.75, 3.05) is 0 Å². The van der Waals surface area contributed by atoms with Gasteiger partial charge in [0.05, 0.1) is 66.9 Å². The lowest BCUT2D eigenvalue weighted by Crippen LogP contribution is -2.16. The molecule has 0 N–H and O–H groups in total. The Morgan fingerprint density at radius 1 is 0.200 bits per heavy atom. The van der Waals surface area contributed by atoms with Crippen molar-refractivity contribution in [3.8, 4) is 34.9 Å². The molecule has 21 aromatic rings. The highest BCUT2D eigenvalue weighted by atomic mass is 32.1. The largest absolute Gasteiger partial charge is 0.306 e. The molecular weight excluding hydrogens is 1170 g/mol. The summed E-state index contributed by atoms with van der Waals surface area (Å²) in [5.74, 6) is 0. The molecule has 10 heteroatoms. The Balaban J connectivity index is 1.06. The summed E-state index contributed by atoms with van der Waals surface area (Å²) in [6, 6.07) is 93.9. The fraction of sp³-hybridized carbons (Fsp3) is 0. The third kappa shape index (κ3) is 6.13. The lowest BCUT2D eigenvalue weighted by Gasteiger charge is -2.27. The van der Waals surface area contributed by atoms with Crippen molar-refractivity contribution in [3.63, 3.8) is 0 Å². The van der Waals surface area contributed by atoms with Crippen molar-refractivity contribution in [1.82, 2.24) is 18.3 Å². The molecule has 0 aliphatic rings. The molecule has 13 aromatic carbocycles. The molecule has 0 amide bonds. The second kappa shape index (κ2) is 17.8. The van der Waals surface area contributed by atoms with Gasteiger partial charge in [-0.3, -0.25) is 0 Å². The molecule has 8 heterocycles. The van der Waals surface area contributed by atoms with Crippen molar-refractivity contribution in [3.05, 3.63) is 254 Å². The van der Waals surface area contributed by atoms with Crippen LogP contribution in [0, 0.1) is 22.7 Å². The first-order valence-corrected chi connectivity index (χ1v) is 33.3. The van der Waals surface area contributed by atoms with Crippen LogP contribution in [0.3, 0.4) is 0 Å². The molecule has 0 radical (unpaired) electrons. The van der Waals surface area contributed by atoms with Gasteiger partial charge in [-0.1, -0.05) is 146 Å². The van der Waals surface area contributed by atoms with Gasteiger partial charge in [0, 0.05) is 124 Å². The number of para-hydroxylation sites is 4. The van der Waals surface area contributed by atoms with Crippen LogP contribution in [0.4, 0.5) is 0 Å². The molecule has 21 rings (SSSR count). The summed E-state index contributed by atoms with van der Waals surface area (Å²) < 4.78 is 19.0. The average molecular weight is 1210 g/mol. The fourth-order valence-corrected chi connectivity index (χ4v) is 20.3. The number of nitriles is 2. The van der Waals surface area contributed by atoms with E-state index in [-0.39, 0.29) is 0 Å². The number of benzene rings is 13. The summed E-state index contributed by atoms with van der Waals surface area (Å²) in [6.45, 7) is 0. The lowest BCUT2D eigenvalue weighted by molar-refractivity contribution is 1.02. The van der Waals surface area contributed by atoms with Gasteiger partial charge in [-0.15, -0.1) is 45.3 Å².